The van der Waals surface area contributed by atoms with Crippen molar-refractivity contribution in [2.75, 3.05) is 6.61 Å². The fourth-order valence-corrected chi connectivity index (χ4v) is 1.85. The summed E-state index contributed by atoms with van der Waals surface area (Å²) < 4.78 is 10.5. The number of carbonyl (C=O) groups is 2. The van der Waals surface area contributed by atoms with Crippen LogP contribution in [0.5, 0.6) is 5.75 Å². The number of benzene rings is 1. The average molecular weight is 287 g/mol. The molecule has 1 heterocycles. The highest BCUT2D eigenvalue weighted by Crippen LogP contribution is 2.15. The van der Waals surface area contributed by atoms with E-state index in [0.29, 0.717) is 23.6 Å². The third kappa shape index (κ3) is 3.72. The van der Waals surface area contributed by atoms with Crippen LogP contribution in [0.3, 0.4) is 0 Å². The number of carbonyl (C=O) groups excluding carboxylic acids is 2. The maximum Gasteiger partial charge on any atom is 0.355 e. The number of esters is 1. The maximum absolute atomic E-state index is 12.2. The largest absolute Gasteiger partial charge is 0.494 e. The molecule has 0 fully saturated rings. The van der Waals surface area contributed by atoms with E-state index in [-0.39, 0.29) is 5.78 Å². The normalized spacial score (nSPS) is 11.7. The predicted molar refractivity (Wildman–Crippen MR) is 77.6 cm³/mol. The molecular weight excluding hydrogens is 270 g/mol. The average Bonchev–Trinajstić information content (AvgIpc) is 3.02. The van der Waals surface area contributed by atoms with Crippen LogP contribution < -0.4 is 4.74 Å². The maximum atomic E-state index is 12.2. The SMILES string of the molecule is CCOc1ccc(C(=O)[C@@H](C)OC(=O)c2ccc[nH]2)cc1. The van der Waals surface area contributed by atoms with Crippen molar-refractivity contribution in [3.05, 3.63) is 53.9 Å². The minimum Gasteiger partial charge on any atom is -0.494 e. The van der Waals surface area contributed by atoms with Crippen molar-refractivity contribution < 1.29 is 19.1 Å². The first-order valence-corrected chi connectivity index (χ1v) is 6.73. The van der Waals surface area contributed by atoms with Crippen molar-refractivity contribution >= 4 is 11.8 Å². The minimum atomic E-state index is -0.848. The van der Waals surface area contributed by atoms with Crippen LogP contribution in [0.25, 0.3) is 0 Å². The lowest BCUT2D eigenvalue weighted by Crippen LogP contribution is -2.24. The van der Waals surface area contributed by atoms with Crippen LogP contribution in [-0.2, 0) is 4.74 Å². The Labute approximate surface area is 122 Å². The summed E-state index contributed by atoms with van der Waals surface area (Å²) in [4.78, 5) is 26.7. The molecular formula is C16H17NO4. The Kier molecular flexibility index (Phi) is 4.77. The van der Waals surface area contributed by atoms with Crippen molar-refractivity contribution in [2.45, 2.75) is 20.0 Å². The lowest BCUT2D eigenvalue weighted by molar-refractivity contribution is 0.0314. The molecule has 0 unspecified atom stereocenters. The molecule has 21 heavy (non-hydrogen) atoms. The van der Waals surface area contributed by atoms with Gasteiger partial charge in [0.1, 0.15) is 11.4 Å². The van der Waals surface area contributed by atoms with E-state index >= 15 is 0 Å². The number of Topliss-reactive ketones (excluding diaryl/α,β-unsaturated/α-hetero) is 1. The van der Waals surface area contributed by atoms with E-state index in [2.05, 4.69) is 4.98 Å². The quantitative estimate of drug-likeness (QED) is 0.655. The highest BCUT2D eigenvalue weighted by Gasteiger charge is 2.20. The van der Waals surface area contributed by atoms with Gasteiger partial charge in [-0.05, 0) is 50.2 Å². The Bertz CT molecular complexity index is 602. The van der Waals surface area contributed by atoms with Crippen LogP contribution in [-0.4, -0.2) is 29.4 Å². The van der Waals surface area contributed by atoms with Gasteiger partial charge < -0.3 is 14.5 Å². The lowest BCUT2D eigenvalue weighted by Gasteiger charge is -2.12. The molecule has 0 aliphatic carbocycles. The molecule has 1 aromatic heterocycles. The fraction of sp³-hybridized carbons (Fsp3) is 0.250. The molecule has 0 spiro atoms. The zero-order valence-electron chi connectivity index (χ0n) is 12.0. The Hall–Kier alpha value is -2.56. The monoisotopic (exact) mass is 287 g/mol. The van der Waals surface area contributed by atoms with Crippen molar-refractivity contribution in [3.8, 4) is 5.75 Å². The van der Waals surface area contributed by atoms with E-state index in [4.69, 9.17) is 9.47 Å². The molecule has 5 heteroatoms. The summed E-state index contributed by atoms with van der Waals surface area (Å²) in [5.74, 6) is -0.102. The molecule has 0 aliphatic heterocycles. The number of H-pyrrole nitrogens is 1. The van der Waals surface area contributed by atoms with Crippen LogP contribution >= 0.6 is 0 Å². The molecule has 1 aromatic carbocycles. The van der Waals surface area contributed by atoms with E-state index in [1.165, 1.54) is 0 Å². The van der Waals surface area contributed by atoms with Crippen LogP contribution in [0.1, 0.15) is 34.7 Å². The van der Waals surface area contributed by atoms with Gasteiger partial charge >= 0.3 is 5.97 Å². The second-order valence-electron chi connectivity index (χ2n) is 4.45. The van der Waals surface area contributed by atoms with Gasteiger partial charge in [-0.15, -0.1) is 0 Å². The first kappa shape index (κ1) is 14.8. The number of ether oxygens (including phenoxy) is 2. The second kappa shape index (κ2) is 6.74. The molecule has 0 saturated carbocycles. The number of hydrogen-bond donors (Lipinski definition) is 1. The molecule has 0 bridgehead atoms. The van der Waals surface area contributed by atoms with E-state index in [0.717, 1.165) is 0 Å². The number of rotatable bonds is 6. The summed E-state index contributed by atoms with van der Waals surface area (Å²) in [5.41, 5.74) is 0.798. The highest BCUT2D eigenvalue weighted by atomic mass is 16.5. The van der Waals surface area contributed by atoms with E-state index in [1.807, 2.05) is 6.92 Å². The Morgan fingerprint density at radius 2 is 1.90 bits per heavy atom. The molecule has 5 nitrogen and oxygen atoms in total. The van der Waals surface area contributed by atoms with Gasteiger partial charge in [-0.1, -0.05) is 0 Å². The van der Waals surface area contributed by atoms with Crippen molar-refractivity contribution in [3.63, 3.8) is 0 Å². The first-order chi connectivity index (χ1) is 10.1. The number of aromatic nitrogens is 1. The topological polar surface area (TPSA) is 68.4 Å². The Balaban J connectivity index is 2.00. The van der Waals surface area contributed by atoms with Gasteiger partial charge in [0.05, 0.1) is 6.61 Å². The highest BCUT2D eigenvalue weighted by molar-refractivity contribution is 6.01. The summed E-state index contributed by atoms with van der Waals surface area (Å²) in [6.07, 6.45) is 0.772. The van der Waals surface area contributed by atoms with Crippen LogP contribution in [0.2, 0.25) is 0 Å². The van der Waals surface area contributed by atoms with Crippen LogP contribution in [0, 0.1) is 0 Å². The van der Waals surface area contributed by atoms with Crippen molar-refractivity contribution in [1.29, 1.82) is 0 Å². The lowest BCUT2D eigenvalue weighted by atomic mass is 10.1. The number of nitrogens with one attached hydrogen (secondary N) is 1. The third-order valence-electron chi connectivity index (χ3n) is 2.92. The molecule has 110 valence electrons. The number of hydrogen-bond acceptors (Lipinski definition) is 4. The zero-order chi connectivity index (χ0) is 15.2. The molecule has 1 atom stereocenters. The van der Waals surface area contributed by atoms with E-state index < -0.39 is 12.1 Å². The zero-order valence-corrected chi connectivity index (χ0v) is 12.0. The van der Waals surface area contributed by atoms with E-state index in [1.54, 1.807) is 49.5 Å². The summed E-state index contributed by atoms with van der Waals surface area (Å²) >= 11 is 0. The van der Waals surface area contributed by atoms with Gasteiger partial charge in [0.2, 0.25) is 5.78 Å². The third-order valence-corrected chi connectivity index (χ3v) is 2.92. The summed E-state index contributed by atoms with van der Waals surface area (Å²) in [5, 5.41) is 0. The van der Waals surface area contributed by atoms with Crippen LogP contribution in [0.4, 0.5) is 0 Å². The van der Waals surface area contributed by atoms with Crippen molar-refractivity contribution in [2.24, 2.45) is 0 Å². The molecule has 0 amide bonds. The van der Waals surface area contributed by atoms with Gasteiger partial charge in [0.15, 0.2) is 6.10 Å². The number of aromatic amines is 1. The Morgan fingerprint density at radius 1 is 1.19 bits per heavy atom. The number of ketones is 1. The predicted octanol–water partition coefficient (Wildman–Crippen LogP) is 2.84. The van der Waals surface area contributed by atoms with E-state index in [9.17, 15) is 9.59 Å². The molecule has 1 N–H and O–H groups in total. The van der Waals surface area contributed by atoms with Gasteiger partial charge in [0.25, 0.3) is 0 Å². The smallest absolute Gasteiger partial charge is 0.355 e. The first-order valence-electron chi connectivity index (χ1n) is 6.73. The summed E-state index contributed by atoms with van der Waals surface area (Å²) in [6.45, 7) is 4.01. The fourth-order valence-electron chi connectivity index (χ4n) is 1.85. The van der Waals surface area contributed by atoms with Gasteiger partial charge in [-0.25, -0.2) is 4.79 Å². The van der Waals surface area contributed by atoms with Crippen LogP contribution in [0.15, 0.2) is 42.6 Å². The molecule has 0 saturated heterocycles. The van der Waals surface area contributed by atoms with Gasteiger partial charge in [0, 0.05) is 11.8 Å². The van der Waals surface area contributed by atoms with Gasteiger partial charge in [-0.3, -0.25) is 4.79 Å². The standard InChI is InChI=1S/C16H17NO4/c1-3-20-13-8-6-12(7-9-13)15(18)11(2)21-16(19)14-5-4-10-17-14/h4-11,17H,3H2,1-2H3/t11-/m1/s1. The van der Waals surface area contributed by atoms with Gasteiger partial charge in [-0.2, -0.15) is 0 Å². The minimum absolute atomic E-state index is 0.252. The Morgan fingerprint density at radius 3 is 2.48 bits per heavy atom. The molecule has 0 aliphatic rings. The molecule has 2 rings (SSSR count). The summed E-state index contributed by atoms with van der Waals surface area (Å²) in [7, 11) is 0. The molecule has 0 radical (unpaired) electrons. The summed E-state index contributed by atoms with van der Waals surface area (Å²) in [6, 6.07) is 10.0. The molecule has 2 aromatic rings. The van der Waals surface area contributed by atoms with Crippen molar-refractivity contribution in [1.82, 2.24) is 4.98 Å². The second-order valence-corrected chi connectivity index (χ2v) is 4.45.